The van der Waals surface area contributed by atoms with Crippen molar-refractivity contribution in [3.63, 3.8) is 0 Å². The lowest BCUT2D eigenvalue weighted by Gasteiger charge is -2.35. The van der Waals surface area contributed by atoms with Crippen molar-refractivity contribution in [1.82, 2.24) is 14.4 Å². The van der Waals surface area contributed by atoms with E-state index < -0.39 is 0 Å². The quantitative estimate of drug-likeness (QED) is 0.746. The van der Waals surface area contributed by atoms with E-state index in [4.69, 9.17) is 0 Å². The molecular weight excluding hydrogens is 390 g/mol. The Hall–Kier alpha value is -2.93. The Morgan fingerprint density at radius 1 is 0.871 bits per heavy atom. The molecule has 164 valence electrons. The molecule has 31 heavy (non-hydrogen) atoms. The molecule has 0 spiro atoms. The van der Waals surface area contributed by atoms with Gasteiger partial charge in [-0.25, -0.2) is 5.01 Å². The average Bonchev–Trinajstić information content (AvgIpc) is 3.10. The maximum atomic E-state index is 13.1. The van der Waals surface area contributed by atoms with Gasteiger partial charge in [0.2, 0.25) is 5.91 Å². The monoisotopic (exact) mass is 421 g/mol. The Bertz CT molecular complexity index is 964. The zero-order valence-corrected chi connectivity index (χ0v) is 18.7. The van der Waals surface area contributed by atoms with E-state index in [-0.39, 0.29) is 11.8 Å². The van der Waals surface area contributed by atoms with Crippen LogP contribution in [0.3, 0.4) is 0 Å². The third-order valence-electron chi connectivity index (χ3n) is 6.27. The summed E-state index contributed by atoms with van der Waals surface area (Å²) in [5, 5.41) is 5.82. The van der Waals surface area contributed by atoms with Crippen LogP contribution in [0.1, 0.15) is 29.8 Å². The van der Waals surface area contributed by atoms with Crippen LogP contribution in [-0.4, -0.2) is 64.6 Å². The molecule has 7 heteroatoms. The van der Waals surface area contributed by atoms with E-state index >= 15 is 0 Å². The molecule has 2 aromatic rings. The summed E-state index contributed by atoms with van der Waals surface area (Å²) in [6, 6.07) is 11.9. The minimum atomic E-state index is -0.0687. The highest BCUT2D eigenvalue weighted by molar-refractivity contribution is 6.40. The van der Waals surface area contributed by atoms with E-state index in [1.807, 2.05) is 36.1 Å². The number of hydrazone groups is 1. The fourth-order valence-corrected chi connectivity index (χ4v) is 4.25. The molecule has 0 unspecified atom stereocenters. The van der Waals surface area contributed by atoms with Crippen molar-refractivity contribution in [1.29, 1.82) is 0 Å². The number of aromatic nitrogens is 1. The molecule has 0 aliphatic carbocycles. The first-order valence-corrected chi connectivity index (χ1v) is 11.0. The number of amides is 2. The van der Waals surface area contributed by atoms with Gasteiger partial charge in [0.25, 0.3) is 5.91 Å². The van der Waals surface area contributed by atoms with Gasteiger partial charge in [0.05, 0.1) is 5.69 Å². The third-order valence-corrected chi connectivity index (χ3v) is 6.27. The second kappa shape index (κ2) is 9.06. The molecule has 1 fully saturated rings. The summed E-state index contributed by atoms with van der Waals surface area (Å²) in [6.45, 7) is 11.3. The van der Waals surface area contributed by atoms with Crippen molar-refractivity contribution in [3.05, 3.63) is 53.3 Å². The molecule has 0 radical (unpaired) electrons. The molecule has 3 heterocycles. The summed E-state index contributed by atoms with van der Waals surface area (Å²) in [5.41, 5.74) is 4.88. The second-order valence-corrected chi connectivity index (χ2v) is 8.49. The van der Waals surface area contributed by atoms with Crippen molar-refractivity contribution in [2.75, 3.05) is 37.7 Å². The van der Waals surface area contributed by atoms with Crippen molar-refractivity contribution < 1.29 is 9.59 Å². The fraction of sp³-hybridized carbons (Fsp3) is 0.458. The lowest BCUT2D eigenvalue weighted by molar-refractivity contribution is -0.126. The highest BCUT2D eigenvalue weighted by Crippen LogP contribution is 2.21. The predicted octanol–water partition coefficient (Wildman–Crippen LogP) is 2.74. The Balaban J connectivity index is 1.35. The van der Waals surface area contributed by atoms with Gasteiger partial charge in [0, 0.05) is 63.5 Å². The number of hydrogen-bond donors (Lipinski definition) is 0. The van der Waals surface area contributed by atoms with Crippen LogP contribution in [0.4, 0.5) is 5.69 Å². The summed E-state index contributed by atoms with van der Waals surface area (Å²) in [7, 11) is 0. The van der Waals surface area contributed by atoms with E-state index in [0.717, 1.165) is 31.7 Å². The third kappa shape index (κ3) is 4.71. The van der Waals surface area contributed by atoms with Crippen LogP contribution in [0.2, 0.25) is 0 Å². The van der Waals surface area contributed by atoms with Crippen molar-refractivity contribution in [3.8, 4) is 0 Å². The van der Waals surface area contributed by atoms with Gasteiger partial charge < -0.3 is 9.47 Å². The number of carbonyl (C=O) groups is 2. The lowest BCUT2D eigenvalue weighted by Crippen LogP contribution is -2.52. The summed E-state index contributed by atoms with van der Waals surface area (Å²) in [6.07, 6.45) is 0.723. The van der Waals surface area contributed by atoms with E-state index in [0.29, 0.717) is 37.3 Å². The van der Waals surface area contributed by atoms with Crippen LogP contribution in [0.25, 0.3) is 0 Å². The summed E-state index contributed by atoms with van der Waals surface area (Å²) in [5.74, 6) is -0.109. The number of anilines is 1. The van der Waals surface area contributed by atoms with Gasteiger partial charge in [0.1, 0.15) is 5.71 Å². The van der Waals surface area contributed by atoms with Gasteiger partial charge in [-0.2, -0.15) is 5.10 Å². The largest absolute Gasteiger partial charge is 0.348 e. The van der Waals surface area contributed by atoms with E-state index in [1.54, 1.807) is 0 Å². The van der Waals surface area contributed by atoms with Crippen molar-refractivity contribution >= 4 is 23.2 Å². The molecule has 1 saturated heterocycles. The zero-order valence-electron chi connectivity index (χ0n) is 18.7. The smallest absolute Gasteiger partial charge is 0.270 e. The van der Waals surface area contributed by atoms with Crippen LogP contribution < -0.4 is 5.01 Å². The van der Waals surface area contributed by atoms with Crippen molar-refractivity contribution in [2.45, 2.75) is 40.2 Å². The van der Waals surface area contributed by atoms with Gasteiger partial charge in [0.15, 0.2) is 0 Å². The van der Waals surface area contributed by atoms with Gasteiger partial charge in [-0.15, -0.1) is 0 Å². The molecule has 2 aliphatic rings. The normalized spacial score (nSPS) is 17.8. The van der Waals surface area contributed by atoms with E-state index in [9.17, 15) is 9.59 Å². The number of carbonyl (C=O) groups excluding carboxylic acids is 2. The Labute approximate surface area is 183 Å². The number of benzene rings is 1. The molecule has 0 N–H and O–H groups in total. The van der Waals surface area contributed by atoms with Crippen LogP contribution in [-0.2, 0) is 16.1 Å². The first-order valence-electron chi connectivity index (χ1n) is 11.0. The molecule has 0 atom stereocenters. The molecule has 0 bridgehead atoms. The van der Waals surface area contributed by atoms with Gasteiger partial charge >= 0.3 is 0 Å². The molecular formula is C24H31N5O2. The lowest BCUT2D eigenvalue weighted by atomic mass is 10.1. The van der Waals surface area contributed by atoms with Crippen LogP contribution in [0.15, 0.2) is 41.5 Å². The molecule has 2 amide bonds. The number of rotatable bonds is 5. The van der Waals surface area contributed by atoms with Gasteiger partial charge in [-0.3, -0.25) is 14.5 Å². The Kier molecular flexibility index (Phi) is 6.23. The van der Waals surface area contributed by atoms with Gasteiger partial charge in [-0.05, 0) is 45.0 Å². The zero-order chi connectivity index (χ0) is 22.0. The summed E-state index contributed by atoms with van der Waals surface area (Å²) >= 11 is 0. The minimum absolute atomic E-state index is 0.0404. The molecule has 4 rings (SSSR count). The number of aryl methyl sites for hydroxylation is 3. The summed E-state index contributed by atoms with van der Waals surface area (Å²) in [4.78, 5) is 29.7. The fourth-order valence-electron chi connectivity index (χ4n) is 4.25. The number of hydrogen-bond acceptors (Lipinski definition) is 4. The molecule has 7 nitrogen and oxygen atoms in total. The van der Waals surface area contributed by atoms with E-state index in [1.165, 1.54) is 16.4 Å². The SMILES string of the molecule is Cc1ccc(N2N=C(C(=O)N3CCN(CCn4c(C)ccc4C)CC3)CCC2=O)cc1. The first-order chi connectivity index (χ1) is 14.9. The Morgan fingerprint density at radius 3 is 2.16 bits per heavy atom. The standard InChI is InChI=1S/C24H31N5O2/c1-18-4-8-21(9-5-18)29-23(30)11-10-22(25-29)24(31)27-15-12-26(13-16-27)14-17-28-19(2)6-7-20(28)3/h4-9H,10-17H2,1-3H3. The molecule has 1 aromatic carbocycles. The van der Waals surface area contributed by atoms with Crippen molar-refractivity contribution in [2.24, 2.45) is 5.10 Å². The summed E-state index contributed by atoms with van der Waals surface area (Å²) < 4.78 is 2.34. The highest BCUT2D eigenvalue weighted by Gasteiger charge is 2.30. The molecule has 1 aromatic heterocycles. The first kappa shape index (κ1) is 21.3. The number of piperazine rings is 1. The maximum absolute atomic E-state index is 13.1. The number of nitrogens with zero attached hydrogens (tertiary/aromatic N) is 5. The topological polar surface area (TPSA) is 61.2 Å². The van der Waals surface area contributed by atoms with Gasteiger partial charge in [-0.1, -0.05) is 17.7 Å². The molecule has 0 saturated carbocycles. The minimum Gasteiger partial charge on any atom is -0.348 e. The predicted molar refractivity (Wildman–Crippen MR) is 122 cm³/mol. The Morgan fingerprint density at radius 2 is 1.52 bits per heavy atom. The van der Waals surface area contributed by atoms with Crippen LogP contribution >= 0.6 is 0 Å². The highest BCUT2D eigenvalue weighted by atomic mass is 16.2. The maximum Gasteiger partial charge on any atom is 0.270 e. The second-order valence-electron chi connectivity index (χ2n) is 8.49. The molecule has 2 aliphatic heterocycles. The van der Waals surface area contributed by atoms with E-state index in [2.05, 4.69) is 40.5 Å². The average molecular weight is 422 g/mol. The van der Waals surface area contributed by atoms with Crippen LogP contribution in [0.5, 0.6) is 0 Å². The van der Waals surface area contributed by atoms with Crippen LogP contribution in [0, 0.1) is 20.8 Å².